The number of benzene rings is 1. The minimum absolute atomic E-state index is 0.0293. The quantitative estimate of drug-likeness (QED) is 0.459. The van der Waals surface area contributed by atoms with Gasteiger partial charge in [-0.3, -0.25) is 9.47 Å². The third kappa shape index (κ3) is 4.73. The molecule has 0 amide bonds. The Balaban J connectivity index is 1.69. The summed E-state index contributed by atoms with van der Waals surface area (Å²) in [5.74, 6) is -1.74. The largest absolute Gasteiger partial charge is 0.496 e. The third-order valence-electron chi connectivity index (χ3n) is 7.57. The number of anilines is 1. The highest BCUT2D eigenvalue weighted by atomic mass is 19.3. The van der Waals surface area contributed by atoms with Gasteiger partial charge < -0.3 is 14.2 Å². The molecular weight excluding hydrogens is 492 g/mol. The molecule has 0 bridgehead atoms. The number of piperazine rings is 1. The van der Waals surface area contributed by atoms with E-state index in [9.17, 15) is 18.8 Å². The molecule has 3 aromatic rings. The van der Waals surface area contributed by atoms with Crippen molar-refractivity contribution < 1.29 is 13.5 Å². The van der Waals surface area contributed by atoms with Crippen molar-refractivity contribution in [1.29, 1.82) is 5.26 Å². The normalized spacial score (nSPS) is 19.5. The number of nitriles is 1. The number of halogens is 2. The lowest BCUT2D eigenvalue weighted by atomic mass is 9.97. The maximum Gasteiger partial charge on any atom is 0.350 e. The van der Waals surface area contributed by atoms with E-state index in [0.29, 0.717) is 42.4 Å². The summed E-state index contributed by atoms with van der Waals surface area (Å²) < 4.78 is 37.1. The molecule has 1 saturated heterocycles. The van der Waals surface area contributed by atoms with E-state index in [4.69, 9.17) is 9.72 Å². The first kappa shape index (κ1) is 27.5. The van der Waals surface area contributed by atoms with Gasteiger partial charge in [-0.2, -0.15) is 10.2 Å². The SMILES string of the molecule is CCn1c(CC#N)nc2c(N3C[C@@H](C)N(C(C)c4ccc(OC)c(C(C)(F)F)c4)C[C@@H]3C)nc(=O)n(C)c21. The molecule has 0 spiro atoms. The van der Waals surface area contributed by atoms with Crippen LogP contribution in [0.2, 0.25) is 0 Å². The van der Waals surface area contributed by atoms with E-state index < -0.39 is 5.92 Å². The summed E-state index contributed by atoms with van der Waals surface area (Å²) in [5, 5.41) is 9.30. The number of aryl methyl sites for hydroxylation is 2. The Hall–Kier alpha value is -3.52. The van der Waals surface area contributed by atoms with Gasteiger partial charge in [0.2, 0.25) is 0 Å². The van der Waals surface area contributed by atoms with Crippen molar-refractivity contribution in [1.82, 2.24) is 24.0 Å². The molecule has 0 aliphatic carbocycles. The Morgan fingerprint density at radius 1 is 1.24 bits per heavy atom. The summed E-state index contributed by atoms with van der Waals surface area (Å²) in [6.07, 6.45) is 0.133. The first-order chi connectivity index (χ1) is 17.9. The van der Waals surface area contributed by atoms with E-state index in [2.05, 4.69) is 34.7 Å². The van der Waals surface area contributed by atoms with E-state index >= 15 is 0 Å². The van der Waals surface area contributed by atoms with Crippen molar-refractivity contribution in [2.24, 2.45) is 7.05 Å². The van der Waals surface area contributed by atoms with E-state index in [1.54, 1.807) is 13.1 Å². The molecular formula is C27H35F2N7O2. The number of hydrogen-bond donors (Lipinski definition) is 0. The van der Waals surface area contributed by atoms with Gasteiger partial charge >= 0.3 is 5.69 Å². The average molecular weight is 528 g/mol. The number of rotatable bonds is 7. The number of methoxy groups -OCH3 is 1. The second-order valence-electron chi connectivity index (χ2n) is 10.1. The van der Waals surface area contributed by atoms with Gasteiger partial charge in [-0.15, -0.1) is 0 Å². The predicted octanol–water partition coefficient (Wildman–Crippen LogP) is 4.00. The lowest BCUT2D eigenvalue weighted by Crippen LogP contribution is -2.57. The van der Waals surface area contributed by atoms with Crippen LogP contribution in [0, 0.1) is 11.3 Å². The molecule has 38 heavy (non-hydrogen) atoms. The molecule has 2 aromatic heterocycles. The zero-order valence-electron chi connectivity index (χ0n) is 23.0. The Morgan fingerprint density at radius 3 is 2.55 bits per heavy atom. The van der Waals surface area contributed by atoms with Crippen molar-refractivity contribution in [3.05, 3.63) is 45.6 Å². The van der Waals surface area contributed by atoms with E-state index in [-0.39, 0.29) is 41.5 Å². The fourth-order valence-electron chi connectivity index (χ4n) is 5.53. The summed E-state index contributed by atoms with van der Waals surface area (Å²) in [6.45, 7) is 10.8. The Kier molecular flexibility index (Phi) is 7.48. The highest BCUT2D eigenvalue weighted by Gasteiger charge is 2.36. The second kappa shape index (κ2) is 10.3. The van der Waals surface area contributed by atoms with Crippen molar-refractivity contribution >= 4 is 17.0 Å². The van der Waals surface area contributed by atoms with Crippen molar-refractivity contribution in [2.45, 2.75) is 71.6 Å². The zero-order chi connectivity index (χ0) is 27.9. The monoisotopic (exact) mass is 527 g/mol. The molecule has 0 N–H and O–H groups in total. The van der Waals surface area contributed by atoms with Crippen molar-refractivity contribution in [2.75, 3.05) is 25.1 Å². The van der Waals surface area contributed by atoms with Crippen LogP contribution >= 0.6 is 0 Å². The topological polar surface area (TPSA) is 92.2 Å². The van der Waals surface area contributed by atoms with Crippen LogP contribution in [0.5, 0.6) is 5.75 Å². The lowest BCUT2D eigenvalue weighted by Gasteiger charge is -2.47. The highest BCUT2D eigenvalue weighted by molar-refractivity contribution is 5.84. The van der Waals surface area contributed by atoms with Crippen LogP contribution in [0.25, 0.3) is 11.2 Å². The molecule has 1 aromatic carbocycles. The lowest BCUT2D eigenvalue weighted by molar-refractivity contribution is 0.0148. The maximum absolute atomic E-state index is 14.3. The van der Waals surface area contributed by atoms with Gasteiger partial charge in [0.25, 0.3) is 5.92 Å². The van der Waals surface area contributed by atoms with Gasteiger partial charge in [0.1, 0.15) is 22.7 Å². The molecule has 3 heterocycles. The molecule has 204 valence electrons. The van der Waals surface area contributed by atoms with E-state index in [1.807, 2.05) is 24.5 Å². The number of alkyl halides is 2. The van der Waals surface area contributed by atoms with Gasteiger partial charge in [-0.25, -0.2) is 18.6 Å². The molecule has 1 aliphatic heterocycles. The number of imidazole rings is 1. The zero-order valence-corrected chi connectivity index (χ0v) is 23.0. The summed E-state index contributed by atoms with van der Waals surface area (Å²) in [6, 6.07) is 7.00. The fraction of sp³-hybridized carbons (Fsp3) is 0.556. The van der Waals surface area contributed by atoms with E-state index in [0.717, 1.165) is 12.5 Å². The molecule has 3 atom stereocenters. The standard InChI is InChI=1S/C27H35F2N7O2/c1-8-34-22(11-12-30)31-23-24(32-26(37)33(6)25(23)34)36-15-16(2)35(14-17(36)3)18(4)19-9-10-21(38-7)20(13-19)27(5,28)29/h9-10,13,16-18H,8,11,14-15H2,1-7H3/t16-,17+,18?/m1/s1. The first-order valence-corrected chi connectivity index (χ1v) is 12.8. The summed E-state index contributed by atoms with van der Waals surface area (Å²) in [5.41, 5.74) is 1.52. The number of nitrogens with zero attached hydrogens (tertiary/aromatic N) is 7. The second-order valence-corrected chi connectivity index (χ2v) is 10.1. The molecule has 0 saturated carbocycles. The molecule has 1 fully saturated rings. The fourth-order valence-corrected chi connectivity index (χ4v) is 5.53. The number of ether oxygens (including phenoxy) is 1. The minimum Gasteiger partial charge on any atom is -0.496 e. The molecule has 11 heteroatoms. The van der Waals surface area contributed by atoms with Gasteiger partial charge in [-0.05, 0) is 45.4 Å². The van der Waals surface area contributed by atoms with Crippen LogP contribution in [0.1, 0.15) is 57.6 Å². The average Bonchev–Trinajstić information content (AvgIpc) is 3.24. The number of hydrogen-bond acceptors (Lipinski definition) is 7. The summed E-state index contributed by atoms with van der Waals surface area (Å²) >= 11 is 0. The maximum atomic E-state index is 14.3. The van der Waals surface area contributed by atoms with E-state index in [1.165, 1.54) is 17.7 Å². The molecule has 9 nitrogen and oxygen atoms in total. The van der Waals surface area contributed by atoms with Crippen LogP contribution < -0.4 is 15.3 Å². The number of aromatic nitrogens is 4. The minimum atomic E-state index is -3.03. The van der Waals surface area contributed by atoms with Gasteiger partial charge in [0.05, 0.1) is 25.2 Å². The summed E-state index contributed by atoms with van der Waals surface area (Å²) in [7, 11) is 3.06. The molecule has 1 aliphatic rings. The summed E-state index contributed by atoms with van der Waals surface area (Å²) in [4.78, 5) is 26.4. The Morgan fingerprint density at radius 2 is 1.95 bits per heavy atom. The third-order valence-corrected chi connectivity index (χ3v) is 7.57. The Bertz CT molecular complexity index is 1440. The van der Waals surface area contributed by atoms with Crippen LogP contribution in [0.4, 0.5) is 14.6 Å². The molecule has 4 rings (SSSR count). The van der Waals surface area contributed by atoms with Crippen LogP contribution in [0.3, 0.4) is 0 Å². The van der Waals surface area contributed by atoms with Gasteiger partial charge in [-0.1, -0.05) is 6.07 Å². The molecule has 0 radical (unpaired) electrons. The van der Waals surface area contributed by atoms with Crippen molar-refractivity contribution in [3.8, 4) is 11.8 Å². The van der Waals surface area contributed by atoms with Crippen LogP contribution in [-0.4, -0.2) is 56.3 Å². The van der Waals surface area contributed by atoms with Crippen LogP contribution in [-0.2, 0) is 25.9 Å². The van der Waals surface area contributed by atoms with Crippen molar-refractivity contribution in [3.63, 3.8) is 0 Å². The number of fused-ring (bicyclic) bond motifs is 1. The van der Waals surface area contributed by atoms with Gasteiger partial charge in [0, 0.05) is 51.7 Å². The smallest absolute Gasteiger partial charge is 0.350 e. The Labute approximate surface area is 221 Å². The van der Waals surface area contributed by atoms with Crippen LogP contribution in [0.15, 0.2) is 23.0 Å². The predicted molar refractivity (Wildman–Crippen MR) is 142 cm³/mol. The highest BCUT2D eigenvalue weighted by Crippen LogP contribution is 2.38. The first-order valence-electron chi connectivity index (χ1n) is 12.8. The molecule has 1 unspecified atom stereocenters. The van der Waals surface area contributed by atoms with Gasteiger partial charge in [0.15, 0.2) is 5.82 Å².